The highest BCUT2D eigenvalue weighted by Gasteiger charge is 2.14. The first kappa shape index (κ1) is 13.9. The molecule has 1 atom stereocenters. The molecule has 3 nitrogen and oxygen atoms in total. The molecule has 19 heavy (non-hydrogen) atoms. The minimum atomic E-state index is 0.200. The van der Waals surface area contributed by atoms with Gasteiger partial charge in [0.15, 0.2) is 0 Å². The number of anilines is 1. The molecular weight excluding hydrogens is 260 g/mol. The van der Waals surface area contributed by atoms with Crippen LogP contribution in [0.3, 0.4) is 0 Å². The van der Waals surface area contributed by atoms with Crippen molar-refractivity contribution in [2.24, 2.45) is 5.92 Å². The fraction of sp³-hybridized carbons (Fsp3) is 0.400. The lowest BCUT2D eigenvalue weighted by Gasteiger charge is -2.21. The maximum absolute atomic E-state index is 6.01. The monoisotopic (exact) mass is 278 g/mol. The van der Waals surface area contributed by atoms with Crippen molar-refractivity contribution in [2.75, 3.05) is 18.3 Å². The number of hydrogen-bond donors (Lipinski definition) is 1. The maximum atomic E-state index is 6.01. The molecule has 0 amide bonds. The standard InChI is InChI=1S/C15H19ClN2O/c1-10(2)13(9-16)18-15-12-5-4-6-14(19-3)11(12)7-8-17-15/h4-8,10,13H,9H2,1-3H3,(H,17,18). The molecule has 2 aromatic rings. The van der Waals surface area contributed by atoms with Gasteiger partial charge in [-0.15, -0.1) is 11.6 Å². The van der Waals surface area contributed by atoms with Crippen LogP contribution in [0.25, 0.3) is 10.8 Å². The van der Waals surface area contributed by atoms with Crippen molar-refractivity contribution in [2.45, 2.75) is 19.9 Å². The number of fused-ring (bicyclic) bond motifs is 1. The Bertz CT molecular complexity index is 557. The van der Waals surface area contributed by atoms with Gasteiger partial charge in [0.05, 0.1) is 7.11 Å². The Balaban J connectivity index is 2.44. The minimum Gasteiger partial charge on any atom is -0.496 e. The lowest BCUT2D eigenvalue weighted by atomic mass is 10.1. The molecule has 1 unspecified atom stereocenters. The Hall–Kier alpha value is -1.48. The number of benzene rings is 1. The van der Waals surface area contributed by atoms with E-state index in [2.05, 4.69) is 24.1 Å². The van der Waals surface area contributed by atoms with E-state index in [0.29, 0.717) is 11.8 Å². The van der Waals surface area contributed by atoms with Gasteiger partial charge in [-0.25, -0.2) is 4.98 Å². The van der Waals surface area contributed by atoms with Crippen molar-refractivity contribution >= 4 is 28.2 Å². The van der Waals surface area contributed by atoms with Gasteiger partial charge in [0, 0.05) is 28.9 Å². The second-order valence-corrected chi connectivity index (χ2v) is 5.17. The number of alkyl halides is 1. The van der Waals surface area contributed by atoms with Gasteiger partial charge < -0.3 is 10.1 Å². The quantitative estimate of drug-likeness (QED) is 0.842. The van der Waals surface area contributed by atoms with Crippen molar-refractivity contribution in [1.82, 2.24) is 4.98 Å². The van der Waals surface area contributed by atoms with Crippen LogP contribution >= 0.6 is 11.6 Å². The van der Waals surface area contributed by atoms with Gasteiger partial charge >= 0.3 is 0 Å². The smallest absolute Gasteiger partial charge is 0.134 e. The van der Waals surface area contributed by atoms with Gasteiger partial charge in [0.25, 0.3) is 0 Å². The summed E-state index contributed by atoms with van der Waals surface area (Å²) in [4.78, 5) is 4.43. The van der Waals surface area contributed by atoms with Crippen molar-refractivity contribution in [3.63, 3.8) is 0 Å². The van der Waals surface area contributed by atoms with Gasteiger partial charge in [-0.3, -0.25) is 0 Å². The van der Waals surface area contributed by atoms with Crippen molar-refractivity contribution < 1.29 is 4.74 Å². The fourth-order valence-electron chi connectivity index (χ4n) is 2.03. The van der Waals surface area contributed by atoms with Crippen LogP contribution in [0.2, 0.25) is 0 Å². The van der Waals surface area contributed by atoms with Crippen LogP contribution in [0.1, 0.15) is 13.8 Å². The third-order valence-corrected chi connectivity index (χ3v) is 3.61. The summed E-state index contributed by atoms with van der Waals surface area (Å²) in [6, 6.07) is 8.13. The van der Waals surface area contributed by atoms with E-state index in [9.17, 15) is 0 Å². The molecule has 4 heteroatoms. The largest absolute Gasteiger partial charge is 0.496 e. The Labute approximate surface area is 118 Å². The van der Waals surface area contributed by atoms with Crippen LogP contribution in [-0.2, 0) is 0 Å². The second kappa shape index (κ2) is 6.11. The molecule has 0 saturated carbocycles. The molecule has 0 aliphatic heterocycles. The van der Waals surface area contributed by atoms with Crippen molar-refractivity contribution in [3.05, 3.63) is 30.5 Å². The third kappa shape index (κ3) is 2.92. The fourth-order valence-corrected chi connectivity index (χ4v) is 2.46. The molecule has 1 heterocycles. The summed E-state index contributed by atoms with van der Waals surface area (Å²) in [5.41, 5.74) is 0. The molecule has 0 fully saturated rings. The van der Waals surface area contributed by atoms with Gasteiger partial charge in [0.1, 0.15) is 11.6 Å². The number of aromatic nitrogens is 1. The highest BCUT2D eigenvalue weighted by molar-refractivity contribution is 6.18. The summed E-state index contributed by atoms with van der Waals surface area (Å²) in [6.45, 7) is 4.29. The average Bonchev–Trinajstić information content (AvgIpc) is 2.43. The predicted octanol–water partition coefficient (Wildman–Crippen LogP) is 3.92. The minimum absolute atomic E-state index is 0.200. The number of ether oxygens (including phenoxy) is 1. The zero-order chi connectivity index (χ0) is 13.8. The first-order chi connectivity index (χ1) is 9.17. The lowest BCUT2D eigenvalue weighted by molar-refractivity contribution is 0.420. The van der Waals surface area contributed by atoms with E-state index in [1.165, 1.54) is 0 Å². The SMILES string of the molecule is COc1cccc2c(NC(CCl)C(C)C)nccc12. The van der Waals surface area contributed by atoms with E-state index in [1.54, 1.807) is 13.3 Å². The normalized spacial score (nSPS) is 12.7. The highest BCUT2D eigenvalue weighted by atomic mass is 35.5. The molecule has 2 rings (SSSR count). The first-order valence-corrected chi connectivity index (χ1v) is 6.95. The topological polar surface area (TPSA) is 34.1 Å². The van der Waals surface area contributed by atoms with Crippen molar-refractivity contribution in [1.29, 1.82) is 0 Å². The maximum Gasteiger partial charge on any atom is 0.134 e. The summed E-state index contributed by atoms with van der Waals surface area (Å²) >= 11 is 6.01. The van der Waals surface area contributed by atoms with Crippen LogP contribution in [0.5, 0.6) is 5.75 Å². The Morgan fingerprint density at radius 1 is 1.26 bits per heavy atom. The third-order valence-electron chi connectivity index (χ3n) is 3.28. The molecule has 0 aliphatic rings. The van der Waals surface area contributed by atoms with Crippen LogP contribution in [0.15, 0.2) is 30.5 Å². The molecule has 0 bridgehead atoms. The molecule has 0 spiro atoms. The van der Waals surface area contributed by atoms with Crippen LogP contribution in [0, 0.1) is 5.92 Å². The van der Waals surface area contributed by atoms with E-state index in [-0.39, 0.29) is 6.04 Å². The molecule has 102 valence electrons. The molecule has 0 aliphatic carbocycles. The number of rotatable bonds is 5. The number of hydrogen-bond acceptors (Lipinski definition) is 3. The Morgan fingerprint density at radius 3 is 2.68 bits per heavy atom. The van der Waals surface area contributed by atoms with Crippen LogP contribution in [-0.4, -0.2) is 24.0 Å². The molecular formula is C15H19ClN2O. The van der Waals surface area contributed by atoms with Crippen LogP contribution < -0.4 is 10.1 Å². The van der Waals surface area contributed by atoms with Gasteiger partial charge in [-0.05, 0) is 18.1 Å². The molecule has 1 N–H and O–H groups in total. The van der Waals surface area contributed by atoms with Crippen LogP contribution in [0.4, 0.5) is 5.82 Å². The summed E-state index contributed by atoms with van der Waals surface area (Å²) in [5.74, 6) is 2.71. The highest BCUT2D eigenvalue weighted by Crippen LogP contribution is 2.29. The molecule has 1 aromatic carbocycles. The number of nitrogens with one attached hydrogen (secondary N) is 1. The number of halogens is 1. The van der Waals surface area contributed by atoms with E-state index < -0.39 is 0 Å². The predicted molar refractivity (Wildman–Crippen MR) is 81.3 cm³/mol. The van der Waals surface area contributed by atoms with Gasteiger partial charge in [0.2, 0.25) is 0 Å². The number of pyridine rings is 1. The van der Waals surface area contributed by atoms with E-state index in [0.717, 1.165) is 22.3 Å². The van der Waals surface area contributed by atoms with E-state index in [4.69, 9.17) is 16.3 Å². The van der Waals surface area contributed by atoms with Gasteiger partial charge in [-0.2, -0.15) is 0 Å². The second-order valence-electron chi connectivity index (χ2n) is 4.86. The molecule has 1 aromatic heterocycles. The summed E-state index contributed by atoms with van der Waals surface area (Å²) in [7, 11) is 1.68. The Kier molecular flexibility index (Phi) is 4.48. The summed E-state index contributed by atoms with van der Waals surface area (Å²) in [5, 5.41) is 5.53. The van der Waals surface area contributed by atoms with E-state index in [1.807, 2.05) is 24.3 Å². The number of nitrogens with zero attached hydrogens (tertiary/aromatic N) is 1. The molecule has 0 saturated heterocycles. The average molecular weight is 279 g/mol. The summed E-state index contributed by atoms with van der Waals surface area (Å²) in [6.07, 6.45) is 1.79. The summed E-state index contributed by atoms with van der Waals surface area (Å²) < 4.78 is 5.38. The van der Waals surface area contributed by atoms with E-state index >= 15 is 0 Å². The lowest BCUT2D eigenvalue weighted by Crippen LogP contribution is -2.27. The van der Waals surface area contributed by atoms with Crippen molar-refractivity contribution in [3.8, 4) is 5.75 Å². The number of methoxy groups -OCH3 is 1. The molecule has 0 radical (unpaired) electrons. The Morgan fingerprint density at radius 2 is 2.05 bits per heavy atom. The zero-order valence-corrected chi connectivity index (χ0v) is 12.2. The van der Waals surface area contributed by atoms with Gasteiger partial charge in [-0.1, -0.05) is 26.0 Å². The zero-order valence-electron chi connectivity index (χ0n) is 11.5. The first-order valence-electron chi connectivity index (χ1n) is 6.41.